The Hall–Kier alpha value is -1.26. The zero-order chi connectivity index (χ0) is 13.8. The molecule has 2 rings (SSSR count). The van der Waals surface area contributed by atoms with E-state index in [0.29, 0.717) is 0 Å². The summed E-state index contributed by atoms with van der Waals surface area (Å²) < 4.78 is 16.5. The minimum absolute atomic E-state index is 0.278. The molecule has 1 aliphatic rings. The van der Waals surface area contributed by atoms with Gasteiger partial charge in [-0.25, -0.2) is 0 Å². The Morgan fingerprint density at radius 2 is 1.84 bits per heavy atom. The van der Waals surface area contributed by atoms with Crippen molar-refractivity contribution in [1.82, 2.24) is 4.90 Å². The molecule has 1 aromatic carbocycles. The second-order valence-corrected chi connectivity index (χ2v) is 5.13. The van der Waals surface area contributed by atoms with E-state index in [2.05, 4.69) is 18.7 Å². The van der Waals surface area contributed by atoms with E-state index < -0.39 is 0 Å². The van der Waals surface area contributed by atoms with Gasteiger partial charge in [0, 0.05) is 25.2 Å². The van der Waals surface area contributed by atoms with Crippen molar-refractivity contribution in [2.45, 2.75) is 32.6 Å². The van der Waals surface area contributed by atoms with Crippen LogP contribution in [0.3, 0.4) is 0 Å². The zero-order valence-electron chi connectivity index (χ0n) is 12.2. The summed E-state index contributed by atoms with van der Waals surface area (Å²) >= 11 is 0. The topological polar surface area (TPSA) is 30.9 Å². The highest BCUT2D eigenvalue weighted by atomic mass is 16.5. The van der Waals surface area contributed by atoms with Crippen molar-refractivity contribution in [3.05, 3.63) is 23.8 Å². The Balaban J connectivity index is 2.12. The van der Waals surface area contributed by atoms with E-state index in [4.69, 9.17) is 14.2 Å². The molecule has 2 atom stereocenters. The highest BCUT2D eigenvalue weighted by Crippen LogP contribution is 2.26. The number of methoxy groups -OCH3 is 2. The minimum atomic E-state index is 0.278. The van der Waals surface area contributed by atoms with Gasteiger partial charge in [0.1, 0.15) is 11.5 Å². The van der Waals surface area contributed by atoms with Crippen LogP contribution in [-0.4, -0.2) is 44.4 Å². The summed E-state index contributed by atoms with van der Waals surface area (Å²) in [4.78, 5) is 2.40. The molecular formula is C15H23NO3. The fourth-order valence-electron chi connectivity index (χ4n) is 2.66. The number of nitrogens with zero attached hydrogens (tertiary/aromatic N) is 1. The van der Waals surface area contributed by atoms with Gasteiger partial charge in [-0.05, 0) is 32.0 Å². The molecule has 0 radical (unpaired) electrons. The van der Waals surface area contributed by atoms with Crippen LogP contribution in [0.1, 0.15) is 19.4 Å². The molecule has 0 unspecified atom stereocenters. The van der Waals surface area contributed by atoms with E-state index in [1.807, 2.05) is 18.2 Å². The summed E-state index contributed by atoms with van der Waals surface area (Å²) in [6.45, 7) is 6.99. The molecule has 0 aliphatic carbocycles. The molecule has 1 aliphatic heterocycles. The molecule has 0 saturated carbocycles. The SMILES string of the molecule is COc1ccc(OC)c(CN2C[C@@H](C)O[C@H](C)C2)c1. The highest BCUT2D eigenvalue weighted by Gasteiger charge is 2.23. The van der Waals surface area contributed by atoms with Gasteiger partial charge in [0.15, 0.2) is 0 Å². The Kier molecular flexibility index (Phi) is 4.66. The number of hydrogen-bond acceptors (Lipinski definition) is 4. The highest BCUT2D eigenvalue weighted by molar-refractivity contribution is 5.40. The van der Waals surface area contributed by atoms with E-state index in [1.54, 1.807) is 14.2 Å². The van der Waals surface area contributed by atoms with Crippen LogP contribution in [0.2, 0.25) is 0 Å². The lowest BCUT2D eigenvalue weighted by Crippen LogP contribution is -2.44. The van der Waals surface area contributed by atoms with Gasteiger partial charge >= 0.3 is 0 Å². The van der Waals surface area contributed by atoms with Crippen LogP contribution in [0, 0.1) is 0 Å². The van der Waals surface area contributed by atoms with Crippen molar-refractivity contribution in [3.63, 3.8) is 0 Å². The normalized spacial score (nSPS) is 24.2. The molecule has 19 heavy (non-hydrogen) atoms. The van der Waals surface area contributed by atoms with E-state index in [9.17, 15) is 0 Å². The van der Waals surface area contributed by atoms with Crippen LogP contribution in [0.15, 0.2) is 18.2 Å². The van der Waals surface area contributed by atoms with Gasteiger partial charge in [-0.3, -0.25) is 4.90 Å². The predicted octanol–water partition coefficient (Wildman–Crippen LogP) is 2.31. The monoisotopic (exact) mass is 265 g/mol. The van der Waals surface area contributed by atoms with Crippen LogP contribution < -0.4 is 9.47 Å². The third kappa shape index (κ3) is 3.61. The summed E-state index contributed by atoms with van der Waals surface area (Å²) in [5.74, 6) is 1.78. The first-order valence-electron chi connectivity index (χ1n) is 6.71. The molecule has 4 heteroatoms. The smallest absolute Gasteiger partial charge is 0.123 e. The molecule has 0 spiro atoms. The van der Waals surface area contributed by atoms with Gasteiger partial charge < -0.3 is 14.2 Å². The number of ether oxygens (including phenoxy) is 3. The number of hydrogen-bond donors (Lipinski definition) is 0. The van der Waals surface area contributed by atoms with E-state index >= 15 is 0 Å². The van der Waals surface area contributed by atoms with Crippen LogP contribution in [0.5, 0.6) is 11.5 Å². The number of rotatable bonds is 4. The largest absolute Gasteiger partial charge is 0.497 e. The summed E-state index contributed by atoms with van der Waals surface area (Å²) in [6.07, 6.45) is 0.556. The molecule has 0 N–H and O–H groups in total. The molecule has 1 saturated heterocycles. The van der Waals surface area contributed by atoms with Crippen LogP contribution >= 0.6 is 0 Å². The van der Waals surface area contributed by atoms with Gasteiger partial charge in [-0.2, -0.15) is 0 Å². The Morgan fingerprint density at radius 1 is 1.16 bits per heavy atom. The minimum Gasteiger partial charge on any atom is -0.497 e. The Labute approximate surface area is 115 Å². The molecule has 0 amide bonds. The average Bonchev–Trinajstić information content (AvgIpc) is 2.37. The maximum atomic E-state index is 5.76. The maximum absolute atomic E-state index is 5.76. The second-order valence-electron chi connectivity index (χ2n) is 5.13. The van der Waals surface area contributed by atoms with Gasteiger partial charge in [0.05, 0.1) is 26.4 Å². The van der Waals surface area contributed by atoms with Crippen molar-refractivity contribution < 1.29 is 14.2 Å². The van der Waals surface area contributed by atoms with Crippen LogP contribution in [0.25, 0.3) is 0 Å². The van der Waals surface area contributed by atoms with Crippen molar-refractivity contribution >= 4 is 0 Å². The lowest BCUT2D eigenvalue weighted by molar-refractivity contribution is -0.0706. The fourth-order valence-corrected chi connectivity index (χ4v) is 2.66. The van der Waals surface area contributed by atoms with E-state index in [0.717, 1.165) is 36.7 Å². The quantitative estimate of drug-likeness (QED) is 0.836. The van der Waals surface area contributed by atoms with Crippen LogP contribution in [-0.2, 0) is 11.3 Å². The zero-order valence-corrected chi connectivity index (χ0v) is 12.2. The van der Waals surface area contributed by atoms with Crippen molar-refractivity contribution in [2.75, 3.05) is 27.3 Å². The fraction of sp³-hybridized carbons (Fsp3) is 0.600. The maximum Gasteiger partial charge on any atom is 0.123 e. The van der Waals surface area contributed by atoms with Gasteiger partial charge in [0.25, 0.3) is 0 Å². The Morgan fingerprint density at radius 3 is 2.42 bits per heavy atom. The predicted molar refractivity (Wildman–Crippen MR) is 74.8 cm³/mol. The number of morpholine rings is 1. The van der Waals surface area contributed by atoms with Crippen molar-refractivity contribution in [3.8, 4) is 11.5 Å². The molecule has 106 valence electrons. The molecule has 0 bridgehead atoms. The first-order valence-corrected chi connectivity index (χ1v) is 6.71. The second kappa shape index (κ2) is 6.26. The van der Waals surface area contributed by atoms with E-state index in [1.165, 1.54) is 0 Å². The molecule has 1 fully saturated rings. The summed E-state index contributed by atoms with van der Waals surface area (Å²) in [7, 11) is 3.39. The Bertz CT molecular complexity index is 412. The van der Waals surface area contributed by atoms with Crippen molar-refractivity contribution in [1.29, 1.82) is 0 Å². The van der Waals surface area contributed by atoms with Gasteiger partial charge in [-0.1, -0.05) is 0 Å². The van der Waals surface area contributed by atoms with E-state index in [-0.39, 0.29) is 12.2 Å². The summed E-state index contributed by atoms with van der Waals surface area (Å²) in [6, 6.07) is 5.93. The molecule has 1 aromatic rings. The lowest BCUT2D eigenvalue weighted by Gasteiger charge is -2.35. The lowest BCUT2D eigenvalue weighted by atomic mass is 10.1. The van der Waals surface area contributed by atoms with Gasteiger partial charge in [0.2, 0.25) is 0 Å². The van der Waals surface area contributed by atoms with Gasteiger partial charge in [-0.15, -0.1) is 0 Å². The molecule has 4 nitrogen and oxygen atoms in total. The standard InChI is InChI=1S/C15H23NO3/c1-11-8-16(9-12(2)19-11)10-13-7-14(17-3)5-6-15(13)18-4/h5-7,11-12H,8-10H2,1-4H3/t11-,12-/m1/s1. The average molecular weight is 265 g/mol. The third-order valence-electron chi connectivity index (χ3n) is 3.38. The van der Waals surface area contributed by atoms with Crippen LogP contribution in [0.4, 0.5) is 0 Å². The summed E-state index contributed by atoms with van der Waals surface area (Å²) in [5.41, 5.74) is 1.16. The molecule has 0 aromatic heterocycles. The third-order valence-corrected chi connectivity index (χ3v) is 3.38. The first kappa shape index (κ1) is 14.2. The summed E-state index contributed by atoms with van der Waals surface area (Å²) in [5, 5.41) is 0. The molecule has 1 heterocycles. The molecular weight excluding hydrogens is 242 g/mol. The first-order chi connectivity index (χ1) is 9.12. The van der Waals surface area contributed by atoms with Crippen molar-refractivity contribution in [2.24, 2.45) is 0 Å². The number of benzene rings is 1.